The number of hydrogen-bond acceptors (Lipinski definition) is 5. The van der Waals surface area contributed by atoms with Gasteiger partial charge in [-0.2, -0.15) is 0 Å². The van der Waals surface area contributed by atoms with E-state index < -0.39 is 0 Å². The summed E-state index contributed by atoms with van der Waals surface area (Å²) in [4.78, 5) is 17.8. The standard InChI is InChI=1S/C20H25N3O3S/c1-25-16-7-8-18(19(14-16)26-2)22-9-11-23(12-10-22)20(24)21-15-5-4-6-17(13-15)27-3/h4-8,13-14H,9-12H2,1-3H3,(H,21,24). The zero-order valence-electron chi connectivity index (χ0n) is 15.9. The molecule has 2 amide bonds. The molecule has 2 aromatic rings. The van der Waals surface area contributed by atoms with Gasteiger partial charge in [-0.15, -0.1) is 11.8 Å². The topological polar surface area (TPSA) is 54.0 Å². The van der Waals surface area contributed by atoms with Gasteiger partial charge in [-0.25, -0.2) is 4.79 Å². The molecule has 0 aliphatic carbocycles. The lowest BCUT2D eigenvalue weighted by atomic mass is 10.2. The second-order valence-electron chi connectivity index (χ2n) is 6.17. The lowest BCUT2D eigenvalue weighted by molar-refractivity contribution is 0.208. The lowest BCUT2D eigenvalue weighted by Gasteiger charge is -2.36. The van der Waals surface area contributed by atoms with Gasteiger partial charge in [0, 0.05) is 42.8 Å². The summed E-state index contributed by atoms with van der Waals surface area (Å²) in [5, 5.41) is 2.99. The minimum atomic E-state index is -0.0606. The molecule has 1 aliphatic rings. The molecule has 27 heavy (non-hydrogen) atoms. The van der Waals surface area contributed by atoms with E-state index >= 15 is 0 Å². The Morgan fingerprint density at radius 3 is 2.48 bits per heavy atom. The van der Waals surface area contributed by atoms with Crippen molar-refractivity contribution in [2.24, 2.45) is 0 Å². The first kappa shape index (κ1) is 19.2. The van der Waals surface area contributed by atoms with Crippen LogP contribution < -0.4 is 19.7 Å². The maximum Gasteiger partial charge on any atom is 0.321 e. The number of methoxy groups -OCH3 is 2. The van der Waals surface area contributed by atoms with Crippen LogP contribution in [0.3, 0.4) is 0 Å². The van der Waals surface area contributed by atoms with Gasteiger partial charge in [0.25, 0.3) is 0 Å². The average Bonchev–Trinajstić information content (AvgIpc) is 2.73. The molecule has 0 aromatic heterocycles. The summed E-state index contributed by atoms with van der Waals surface area (Å²) in [7, 11) is 3.30. The average molecular weight is 388 g/mol. The quantitative estimate of drug-likeness (QED) is 0.792. The van der Waals surface area contributed by atoms with Crippen LogP contribution in [-0.4, -0.2) is 57.6 Å². The third-order valence-corrected chi connectivity index (χ3v) is 5.34. The largest absolute Gasteiger partial charge is 0.497 e. The summed E-state index contributed by atoms with van der Waals surface area (Å²) in [6.07, 6.45) is 2.02. The summed E-state index contributed by atoms with van der Waals surface area (Å²) < 4.78 is 10.8. The van der Waals surface area contributed by atoms with E-state index in [1.54, 1.807) is 26.0 Å². The van der Waals surface area contributed by atoms with Crippen molar-refractivity contribution >= 4 is 29.2 Å². The van der Waals surface area contributed by atoms with E-state index in [9.17, 15) is 4.79 Å². The predicted octanol–water partition coefficient (Wildman–Crippen LogP) is 3.78. The molecule has 1 heterocycles. The fourth-order valence-corrected chi connectivity index (χ4v) is 3.56. The van der Waals surface area contributed by atoms with Gasteiger partial charge >= 0.3 is 6.03 Å². The molecule has 0 unspecified atom stereocenters. The molecule has 0 spiro atoms. The molecule has 1 saturated heterocycles. The third kappa shape index (κ3) is 4.60. The van der Waals surface area contributed by atoms with E-state index in [1.807, 2.05) is 53.6 Å². The number of thioether (sulfide) groups is 1. The Morgan fingerprint density at radius 1 is 1.04 bits per heavy atom. The van der Waals surface area contributed by atoms with Crippen LogP contribution in [0.15, 0.2) is 47.4 Å². The summed E-state index contributed by atoms with van der Waals surface area (Å²) in [6.45, 7) is 2.81. The lowest BCUT2D eigenvalue weighted by Crippen LogP contribution is -2.50. The molecule has 0 atom stereocenters. The Kier molecular flexibility index (Phi) is 6.34. The van der Waals surface area contributed by atoms with Crippen LogP contribution in [0.2, 0.25) is 0 Å². The SMILES string of the molecule is COc1ccc(N2CCN(C(=O)Nc3cccc(SC)c3)CC2)c(OC)c1. The van der Waals surface area contributed by atoms with Crippen molar-refractivity contribution in [2.45, 2.75) is 4.90 Å². The van der Waals surface area contributed by atoms with Crippen molar-refractivity contribution in [2.75, 3.05) is 56.9 Å². The molecule has 6 nitrogen and oxygen atoms in total. The van der Waals surface area contributed by atoms with Crippen LogP contribution in [0.25, 0.3) is 0 Å². The molecular weight excluding hydrogens is 362 g/mol. The second-order valence-corrected chi connectivity index (χ2v) is 7.05. The van der Waals surface area contributed by atoms with Crippen molar-refractivity contribution < 1.29 is 14.3 Å². The van der Waals surface area contributed by atoms with Crippen molar-refractivity contribution in [3.8, 4) is 11.5 Å². The highest BCUT2D eigenvalue weighted by molar-refractivity contribution is 7.98. The summed E-state index contributed by atoms with van der Waals surface area (Å²) in [5.74, 6) is 1.54. The van der Waals surface area contributed by atoms with Crippen LogP contribution in [0.1, 0.15) is 0 Å². The number of ether oxygens (including phenoxy) is 2. The first-order valence-corrected chi connectivity index (χ1v) is 10.0. The van der Waals surface area contributed by atoms with E-state index in [4.69, 9.17) is 9.47 Å². The highest BCUT2D eigenvalue weighted by Gasteiger charge is 2.23. The molecule has 144 valence electrons. The van der Waals surface area contributed by atoms with Crippen LogP contribution in [0.5, 0.6) is 11.5 Å². The van der Waals surface area contributed by atoms with Crippen LogP contribution in [0.4, 0.5) is 16.2 Å². The van der Waals surface area contributed by atoms with Crippen LogP contribution in [-0.2, 0) is 0 Å². The Labute approximate surface area is 164 Å². The second kappa shape index (κ2) is 8.90. The van der Waals surface area contributed by atoms with Gasteiger partial charge in [-0.3, -0.25) is 0 Å². The number of benzene rings is 2. The number of piperazine rings is 1. The number of nitrogens with one attached hydrogen (secondary N) is 1. The maximum atomic E-state index is 12.6. The third-order valence-electron chi connectivity index (χ3n) is 4.62. The molecule has 1 N–H and O–H groups in total. The number of amides is 2. The van der Waals surface area contributed by atoms with E-state index in [2.05, 4.69) is 10.2 Å². The maximum absolute atomic E-state index is 12.6. The Hall–Kier alpha value is -2.54. The molecular formula is C20H25N3O3S. The Balaban J connectivity index is 1.60. The summed E-state index contributed by atoms with van der Waals surface area (Å²) in [5.41, 5.74) is 1.84. The van der Waals surface area contributed by atoms with Gasteiger partial charge in [0.15, 0.2) is 0 Å². The molecule has 3 rings (SSSR count). The first-order valence-electron chi connectivity index (χ1n) is 8.81. The monoisotopic (exact) mass is 387 g/mol. The molecule has 7 heteroatoms. The molecule has 0 bridgehead atoms. The molecule has 0 saturated carbocycles. The zero-order chi connectivity index (χ0) is 19.2. The van der Waals surface area contributed by atoms with Gasteiger partial charge in [0.2, 0.25) is 0 Å². The van der Waals surface area contributed by atoms with Crippen molar-refractivity contribution in [1.29, 1.82) is 0 Å². The smallest absolute Gasteiger partial charge is 0.321 e. The van der Waals surface area contributed by atoms with Crippen LogP contribution in [0, 0.1) is 0 Å². The highest BCUT2D eigenvalue weighted by atomic mass is 32.2. The zero-order valence-corrected chi connectivity index (χ0v) is 16.7. The minimum Gasteiger partial charge on any atom is -0.497 e. The van der Waals surface area contributed by atoms with Crippen LogP contribution >= 0.6 is 11.8 Å². The molecule has 2 aromatic carbocycles. The first-order chi connectivity index (χ1) is 13.1. The Bertz CT molecular complexity index is 792. The number of carbonyl (C=O) groups is 1. The summed E-state index contributed by atoms with van der Waals surface area (Å²) >= 11 is 1.66. The summed E-state index contributed by atoms with van der Waals surface area (Å²) in [6, 6.07) is 13.6. The normalized spacial score (nSPS) is 14.0. The predicted molar refractivity (Wildman–Crippen MR) is 111 cm³/mol. The van der Waals surface area contributed by atoms with Gasteiger partial charge in [-0.1, -0.05) is 6.07 Å². The van der Waals surface area contributed by atoms with Crippen molar-refractivity contribution in [3.63, 3.8) is 0 Å². The van der Waals surface area contributed by atoms with Gasteiger partial charge < -0.3 is 24.6 Å². The van der Waals surface area contributed by atoms with Gasteiger partial charge in [-0.05, 0) is 36.6 Å². The van der Waals surface area contributed by atoms with Crippen molar-refractivity contribution in [3.05, 3.63) is 42.5 Å². The number of carbonyl (C=O) groups excluding carboxylic acids is 1. The number of anilines is 2. The fourth-order valence-electron chi connectivity index (χ4n) is 3.10. The Morgan fingerprint density at radius 2 is 1.81 bits per heavy atom. The van der Waals surface area contributed by atoms with E-state index in [0.29, 0.717) is 13.1 Å². The number of urea groups is 1. The molecule has 1 fully saturated rings. The number of hydrogen-bond donors (Lipinski definition) is 1. The van der Waals surface area contributed by atoms with E-state index in [0.717, 1.165) is 40.9 Å². The number of nitrogens with zero attached hydrogens (tertiary/aromatic N) is 2. The molecule has 1 aliphatic heterocycles. The number of rotatable bonds is 5. The fraction of sp³-hybridized carbons (Fsp3) is 0.350. The van der Waals surface area contributed by atoms with Crippen molar-refractivity contribution in [1.82, 2.24) is 4.90 Å². The van der Waals surface area contributed by atoms with Gasteiger partial charge in [0.05, 0.1) is 19.9 Å². The minimum absolute atomic E-state index is 0.0606. The van der Waals surface area contributed by atoms with E-state index in [1.165, 1.54) is 0 Å². The molecule has 0 radical (unpaired) electrons. The van der Waals surface area contributed by atoms with E-state index in [-0.39, 0.29) is 6.03 Å². The highest BCUT2D eigenvalue weighted by Crippen LogP contribution is 2.32. The van der Waals surface area contributed by atoms with Gasteiger partial charge in [0.1, 0.15) is 11.5 Å².